The normalized spacial score (nSPS) is 8.80. The Balaban J connectivity index is 0.000000612. The molecule has 0 unspecified atom stereocenters. The van der Waals surface area contributed by atoms with Gasteiger partial charge < -0.3 is 0 Å². The summed E-state index contributed by atoms with van der Waals surface area (Å²) in [4.78, 5) is 21.9. The second-order valence-corrected chi connectivity index (χ2v) is 3.72. The summed E-state index contributed by atoms with van der Waals surface area (Å²) in [6.07, 6.45) is 0. The number of nitrogens with zero attached hydrogens (tertiary/aromatic N) is 2. The molecule has 0 saturated carbocycles. The van der Waals surface area contributed by atoms with Gasteiger partial charge in [0.1, 0.15) is 0 Å². The van der Waals surface area contributed by atoms with E-state index >= 15 is 0 Å². The minimum Gasteiger partial charge on any atom is -0.289 e. The van der Waals surface area contributed by atoms with E-state index in [1.54, 1.807) is 30.3 Å². The van der Waals surface area contributed by atoms with Crippen molar-refractivity contribution in [2.45, 2.75) is 6.92 Å². The molecule has 0 fully saturated rings. The monoisotopic (exact) mass is 268 g/mol. The number of rotatable bonds is 3. The second-order valence-electron chi connectivity index (χ2n) is 3.72. The first-order valence-corrected chi connectivity index (χ1v) is 5.75. The quantitative estimate of drug-likeness (QED) is 0.485. The fourth-order valence-corrected chi connectivity index (χ4v) is 1.49. The standard InChI is InChI=1S/C13H9NO3.C2H3N/c15-13(10-4-2-1-3-5-10)11-6-8-12(9-7-11)14(16)17;1-2-3/h1-9H;1H3. The summed E-state index contributed by atoms with van der Waals surface area (Å²) in [7, 11) is 0. The molecule has 0 aliphatic carbocycles. The van der Waals surface area contributed by atoms with Crippen LogP contribution in [0.25, 0.3) is 0 Å². The van der Waals surface area contributed by atoms with E-state index < -0.39 is 4.92 Å². The van der Waals surface area contributed by atoms with Crippen molar-refractivity contribution in [2.75, 3.05) is 0 Å². The van der Waals surface area contributed by atoms with Crippen molar-refractivity contribution in [1.29, 1.82) is 5.26 Å². The smallest absolute Gasteiger partial charge is 0.269 e. The molecule has 2 rings (SSSR count). The number of hydrogen-bond acceptors (Lipinski definition) is 4. The van der Waals surface area contributed by atoms with Crippen LogP contribution in [0.4, 0.5) is 5.69 Å². The van der Waals surface area contributed by atoms with Crippen LogP contribution in [0.15, 0.2) is 54.6 Å². The lowest BCUT2D eigenvalue weighted by molar-refractivity contribution is -0.384. The molecule has 0 spiro atoms. The zero-order valence-electron chi connectivity index (χ0n) is 10.8. The van der Waals surface area contributed by atoms with E-state index in [1.165, 1.54) is 31.2 Å². The van der Waals surface area contributed by atoms with Crippen molar-refractivity contribution in [3.63, 3.8) is 0 Å². The van der Waals surface area contributed by atoms with Crippen LogP contribution in [0.3, 0.4) is 0 Å². The van der Waals surface area contributed by atoms with E-state index in [9.17, 15) is 14.9 Å². The second kappa shape index (κ2) is 7.44. The third kappa shape index (κ3) is 4.03. The molecule has 0 heterocycles. The summed E-state index contributed by atoms with van der Waals surface area (Å²) in [6.45, 7) is 1.43. The highest BCUT2D eigenvalue weighted by Crippen LogP contribution is 2.15. The molecule has 0 atom stereocenters. The zero-order chi connectivity index (χ0) is 15.0. The number of nitriles is 1. The maximum atomic E-state index is 12.0. The van der Waals surface area contributed by atoms with Crippen LogP contribution in [-0.4, -0.2) is 10.7 Å². The van der Waals surface area contributed by atoms with Gasteiger partial charge in [-0.15, -0.1) is 0 Å². The number of carbonyl (C=O) groups is 1. The van der Waals surface area contributed by atoms with E-state index in [0.29, 0.717) is 11.1 Å². The number of nitro benzene ring substituents is 1. The lowest BCUT2D eigenvalue weighted by Gasteiger charge is -2.00. The minimum atomic E-state index is -0.489. The summed E-state index contributed by atoms with van der Waals surface area (Å²) >= 11 is 0. The van der Waals surface area contributed by atoms with Gasteiger partial charge in [-0.3, -0.25) is 14.9 Å². The van der Waals surface area contributed by atoms with Crippen LogP contribution in [0.5, 0.6) is 0 Å². The van der Waals surface area contributed by atoms with E-state index in [0.717, 1.165) is 0 Å². The molecule has 0 aromatic heterocycles. The van der Waals surface area contributed by atoms with Gasteiger partial charge in [0.2, 0.25) is 0 Å². The highest BCUT2D eigenvalue weighted by atomic mass is 16.6. The Morgan fingerprint density at radius 1 is 1.05 bits per heavy atom. The molecule has 0 bridgehead atoms. The van der Waals surface area contributed by atoms with Crippen molar-refractivity contribution in [1.82, 2.24) is 0 Å². The summed E-state index contributed by atoms with van der Waals surface area (Å²) in [5.74, 6) is -0.138. The van der Waals surface area contributed by atoms with E-state index in [2.05, 4.69) is 0 Å². The molecule has 100 valence electrons. The number of carbonyl (C=O) groups excluding carboxylic acids is 1. The molecule has 0 amide bonds. The fraction of sp³-hybridized carbons (Fsp3) is 0.0667. The maximum absolute atomic E-state index is 12.0. The number of non-ortho nitro benzene ring substituents is 1. The third-order valence-corrected chi connectivity index (χ3v) is 2.38. The lowest BCUT2D eigenvalue weighted by atomic mass is 10.0. The van der Waals surface area contributed by atoms with Gasteiger partial charge in [-0.1, -0.05) is 30.3 Å². The van der Waals surface area contributed by atoms with Crippen molar-refractivity contribution in [3.8, 4) is 6.07 Å². The van der Waals surface area contributed by atoms with E-state index in [1.807, 2.05) is 6.07 Å². The molecule has 2 aromatic carbocycles. The highest BCUT2D eigenvalue weighted by Gasteiger charge is 2.10. The Morgan fingerprint density at radius 3 is 1.95 bits per heavy atom. The molecular formula is C15H12N2O3. The largest absolute Gasteiger partial charge is 0.289 e. The Kier molecular flexibility index (Phi) is 5.60. The predicted octanol–water partition coefficient (Wildman–Crippen LogP) is 3.36. The predicted molar refractivity (Wildman–Crippen MR) is 74.3 cm³/mol. The van der Waals surface area contributed by atoms with Crippen molar-refractivity contribution >= 4 is 11.5 Å². The zero-order valence-corrected chi connectivity index (χ0v) is 10.8. The summed E-state index contributed by atoms with van der Waals surface area (Å²) in [6, 6.07) is 16.1. The average Bonchev–Trinajstić information content (AvgIpc) is 2.48. The third-order valence-electron chi connectivity index (χ3n) is 2.38. The Morgan fingerprint density at radius 2 is 1.50 bits per heavy atom. The van der Waals surface area contributed by atoms with Gasteiger partial charge in [0, 0.05) is 30.2 Å². The Bertz CT molecular complexity index is 628. The topological polar surface area (TPSA) is 84.0 Å². The van der Waals surface area contributed by atoms with Crippen LogP contribution in [-0.2, 0) is 0 Å². The first-order valence-electron chi connectivity index (χ1n) is 5.75. The van der Waals surface area contributed by atoms with Gasteiger partial charge in [0.15, 0.2) is 5.78 Å². The minimum absolute atomic E-state index is 0.0189. The molecule has 0 N–H and O–H groups in total. The summed E-state index contributed by atoms with van der Waals surface area (Å²) < 4.78 is 0. The van der Waals surface area contributed by atoms with Crippen LogP contribution >= 0.6 is 0 Å². The Labute approximate surface area is 116 Å². The molecule has 5 nitrogen and oxygen atoms in total. The number of benzene rings is 2. The van der Waals surface area contributed by atoms with Gasteiger partial charge in [-0.2, -0.15) is 5.26 Å². The SMILES string of the molecule is CC#N.O=C(c1ccccc1)c1ccc([N+](=O)[O-])cc1. The molecule has 0 aliphatic rings. The van der Waals surface area contributed by atoms with Gasteiger partial charge in [-0.25, -0.2) is 0 Å². The first kappa shape index (κ1) is 15.1. The van der Waals surface area contributed by atoms with E-state index in [4.69, 9.17) is 5.26 Å². The maximum Gasteiger partial charge on any atom is 0.269 e. The van der Waals surface area contributed by atoms with Crippen LogP contribution < -0.4 is 0 Å². The molecule has 5 heteroatoms. The Hall–Kier alpha value is -3.00. The van der Waals surface area contributed by atoms with Crippen molar-refractivity contribution in [2.24, 2.45) is 0 Å². The molecule has 2 aromatic rings. The van der Waals surface area contributed by atoms with Gasteiger partial charge in [-0.05, 0) is 12.1 Å². The van der Waals surface area contributed by atoms with Gasteiger partial charge >= 0.3 is 0 Å². The molecule has 0 aliphatic heterocycles. The first-order chi connectivity index (χ1) is 9.60. The van der Waals surface area contributed by atoms with E-state index in [-0.39, 0.29) is 11.5 Å². The number of hydrogen-bond donors (Lipinski definition) is 0. The fourth-order valence-electron chi connectivity index (χ4n) is 1.49. The van der Waals surface area contributed by atoms with Gasteiger partial charge in [0.05, 0.1) is 11.0 Å². The number of nitro groups is 1. The average molecular weight is 268 g/mol. The lowest BCUT2D eigenvalue weighted by Crippen LogP contribution is -2.00. The molecule has 20 heavy (non-hydrogen) atoms. The van der Waals surface area contributed by atoms with Crippen LogP contribution in [0.2, 0.25) is 0 Å². The van der Waals surface area contributed by atoms with Crippen molar-refractivity contribution < 1.29 is 9.72 Å². The summed E-state index contributed by atoms with van der Waals surface area (Å²) in [5, 5.41) is 17.8. The summed E-state index contributed by atoms with van der Waals surface area (Å²) in [5.41, 5.74) is 0.998. The molecule has 0 saturated heterocycles. The molecule has 0 radical (unpaired) electrons. The van der Waals surface area contributed by atoms with Crippen LogP contribution in [0, 0.1) is 21.4 Å². The van der Waals surface area contributed by atoms with Crippen molar-refractivity contribution in [3.05, 3.63) is 75.8 Å². The van der Waals surface area contributed by atoms with Gasteiger partial charge in [0.25, 0.3) is 5.69 Å². The highest BCUT2D eigenvalue weighted by molar-refractivity contribution is 6.09. The van der Waals surface area contributed by atoms with Crippen LogP contribution in [0.1, 0.15) is 22.8 Å². The molecular weight excluding hydrogens is 256 g/mol. The number of ketones is 1.